The SMILES string of the molecule is Cc1cc(S(=O)(=O)N2CCC(CN)C2)c(Cl)cc1F. The molecular weight excluding hydrogens is 291 g/mol. The Morgan fingerprint density at radius 1 is 1.53 bits per heavy atom. The summed E-state index contributed by atoms with van der Waals surface area (Å²) >= 11 is 5.86. The Kier molecular flexibility index (Phi) is 4.15. The largest absolute Gasteiger partial charge is 0.330 e. The molecule has 106 valence electrons. The van der Waals surface area contributed by atoms with E-state index in [1.54, 1.807) is 0 Å². The zero-order chi connectivity index (χ0) is 14.2. The Bertz CT molecular complexity index is 592. The fourth-order valence-electron chi connectivity index (χ4n) is 2.18. The molecule has 0 radical (unpaired) electrons. The topological polar surface area (TPSA) is 63.4 Å². The summed E-state index contributed by atoms with van der Waals surface area (Å²) in [6, 6.07) is 2.32. The molecule has 1 aromatic rings. The highest BCUT2D eigenvalue weighted by atomic mass is 35.5. The van der Waals surface area contributed by atoms with Gasteiger partial charge in [0.2, 0.25) is 10.0 Å². The molecule has 2 N–H and O–H groups in total. The van der Waals surface area contributed by atoms with Crippen molar-refractivity contribution in [1.82, 2.24) is 4.31 Å². The maximum atomic E-state index is 13.3. The van der Waals surface area contributed by atoms with Crippen LogP contribution in [0.2, 0.25) is 5.02 Å². The number of sulfonamides is 1. The van der Waals surface area contributed by atoms with E-state index in [9.17, 15) is 12.8 Å². The highest BCUT2D eigenvalue weighted by molar-refractivity contribution is 7.89. The Labute approximate surface area is 117 Å². The fourth-order valence-corrected chi connectivity index (χ4v) is 4.28. The predicted octanol–water partition coefficient (Wildman–Crippen LogP) is 1.76. The zero-order valence-corrected chi connectivity index (χ0v) is 12.1. The van der Waals surface area contributed by atoms with Crippen molar-refractivity contribution in [2.24, 2.45) is 11.7 Å². The van der Waals surface area contributed by atoms with Crippen LogP contribution in [0, 0.1) is 18.7 Å². The van der Waals surface area contributed by atoms with E-state index >= 15 is 0 Å². The number of nitrogens with zero attached hydrogens (tertiary/aromatic N) is 1. The zero-order valence-electron chi connectivity index (χ0n) is 10.6. The number of hydrogen-bond acceptors (Lipinski definition) is 3. The molecular formula is C12H16ClFN2O2S. The molecule has 0 aliphatic carbocycles. The van der Waals surface area contributed by atoms with Crippen molar-refractivity contribution in [2.75, 3.05) is 19.6 Å². The summed E-state index contributed by atoms with van der Waals surface area (Å²) in [5, 5.41) is -0.0840. The van der Waals surface area contributed by atoms with Gasteiger partial charge in [0.05, 0.1) is 5.02 Å². The lowest BCUT2D eigenvalue weighted by Gasteiger charge is -2.17. The first-order chi connectivity index (χ1) is 8.86. The van der Waals surface area contributed by atoms with Crippen LogP contribution in [0.25, 0.3) is 0 Å². The van der Waals surface area contributed by atoms with Gasteiger partial charge in [-0.1, -0.05) is 11.6 Å². The summed E-state index contributed by atoms with van der Waals surface area (Å²) in [6.45, 7) is 2.79. The van der Waals surface area contributed by atoms with Crippen molar-refractivity contribution in [3.05, 3.63) is 28.5 Å². The molecule has 1 heterocycles. The van der Waals surface area contributed by atoms with E-state index in [0.717, 1.165) is 12.5 Å². The van der Waals surface area contributed by atoms with E-state index in [1.807, 2.05) is 0 Å². The van der Waals surface area contributed by atoms with Crippen molar-refractivity contribution >= 4 is 21.6 Å². The Balaban J connectivity index is 2.38. The first kappa shape index (κ1) is 14.7. The van der Waals surface area contributed by atoms with Gasteiger partial charge in [-0.25, -0.2) is 12.8 Å². The van der Waals surface area contributed by atoms with Crippen LogP contribution in [-0.2, 0) is 10.0 Å². The Hall–Kier alpha value is -0.690. The van der Waals surface area contributed by atoms with Crippen LogP contribution >= 0.6 is 11.6 Å². The average Bonchev–Trinajstić information content (AvgIpc) is 2.83. The van der Waals surface area contributed by atoms with Gasteiger partial charge in [-0.05, 0) is 43.5 Å². The van der Waals surface area contributed by atoms with Crippen molar-refractivity contribution < 1.29 is 12.8 Å². The first-order valence-corrected chi connectivity index (χ1v) is 7.84. The smallest absolute Gasteiger partial charge is 0.244 e. The van der Waals surface area contributed by atoms with Gasteiger partial charge in [0, 0.05) is 13.1 Å². The summed E-state index contributed by atoms with van der Waals surface area (Å²) in [5.74, 6) is -0.333. The molecule has 1 unspecified atom stereocenters. The summed E-state index contributed by atoms with van der Waals surface area (Å²) in [6.07, 6.45) is 0.744. The van der Waals surface area contributed by atoms with E-state index in [1.165, 1.54) is 17.3 Å². The van der Waals surface area contributed by atoms with Crippen molar-refractivity contribution in [3.63, 3.8) is 0 Å². The third-order valence-electron chi connectivity index (χ3n) is 3.41. The molecule has 1 aliphatic heterocycles. The second-order valence-electron chi connectivity index (χ2n) is 4.79. The van der Waals surface area contributed by atoms with E-state index in [-0.39, 0.29) is 21.4 Å². The van der Waals surface area contributed by atoms with Crippen molar-refractivity contribution in [2.45, 2.75) is 18.2 Å². The summed E-state index contributed by atoms with van der Waals surface area (Å²) in [4.78, 5) is -0.0364. The molecule has 1 aromatic carbocycles. The second-order valence-corrected chi connectivity index (χ2v) is 7.10. The van der Waals surface area contributed by atoms with Crippen molar-refractivity contribution in [1.29, 1.82) is 0 Å². The molecule has 1 aliphatic rings. The monoisotopic (exact) mass is 306 g/mol. The predicted molar refractivity (Wildman–Crippen MR) is 72.1 cm³/mol. The maximum absolute atomic E-state index is 13.3. The lowest BCUT2D eigenvalue weighted by Crippen LogP contribution is -2.30. The molecule has 0 spiro atoms. The van der Waals surface area contributed by atoms with Gasteiger partial charge in [-0.15, -0.1) is 0 Å². The van der Waals surface area contributed by atoms with Gasteiger partial charge < -0.3 is 5.73 Å². The average molecular weight is 307 g/mol. The number of nitrogens with two attached hydrogens (primary N) is 1. The fraction of sp³-hybridized carbons (Fsp3) is 0.500. The number of benzene rings is 1. The molecule has 19 heavy (non-hydrogen) atoms. The minimum atomic E-state index is -3.67. The molecule has 0 bridgehead atoms. The lowest BCUT2D eigenvalue weighted by molar-refractivity contribution is 0.459. The van der Waals surface area contributed by atoms with E-state index in [0.29, 0.717) is 19.6 Å². The minimum absolute atomic E-state index is 0.0364. The Morgan fingerprint density at radius 2 is 2.21 bits per heavy atom. The first-order valence-electron chi connectivity index (χ1n) is 6.02. The van der Waals surface area contributed by atoms with Crippen LogP contribution in [0.3, 0.4) is 0 Å². The molecule has 1 atom stereocenters. The molecule has 0 aromatic heterocycles. The second kappa shape index (κ2) is 5.36. The van der Waals surface area contributed by atoms with E-state index in [4.69, 9.17) is 17.3 Å². The highest BCUT2D eigenvalue weighted by Crippen LogP contribution is 2.30. The molecule has 1 saturated heterocycles. The standard InChI is InChI=1S/C12H16ClFN2O2S/c1-8-4-12(10(13)5-11(8)14)19(17,18)16-3-2-9(6-15)7-16/h4-5,9H,2-3,6-7,15H2,1H3. The molecule has 4 nitrogen and oxygen atoms in total. The van der Waals surface area contributed by atoms with E-state index < -0.39 is 15.8 Å². The van der Waals surface area contributed by atoms with Gasteiger partial charge in [0.1, 0.15) is 10.7 Å². The highest BCUT2D eigenvalue weighted by Gasteiger charge is 2.33. The summed E-state index contributed by atoms with van der Waals surface area (Å²) in [7, 11) is -3.67. The molecule has 7 heteroatoms. The van der Waals surface area contributed by atoms with Crippen LogP contribution in [0.1, 0.15) is 12.0 Å². The number of rotatable bonds is 3. The van der Waals surface area contributed by atoms with Gasteiger partial charge >= 0.3 is 0 Å². The van der Waals surface area contributed by atoms with Crippen molar-refractivity contribution in [3.8, 4) is 0 Å². The number of aryl methyl sites for hydroxylation is 1. The summed E-state index contributed by atoms with van der Waals surface area (Å²) in [5.41, 5.74) is 5.82. The van der Waals surface area contributed by atoms with Crippen LogP contribution in [0.4, 0.5) is 4.39 Å². The maximum Gasteiger partial charge on any atom is 0.244 e. The third kappa shape index (κ3) is 2.76. The Morgan fingerprint density at radius 3 is 2.79 bits per heavy atom. The van der Waals surface area contributed by atoms with Gasteiger partial charge in [0.15, 0.2) is 0 Å². The molecule has 0 amide bonds. The van der Waals surface area contributed by atoms with Gasteiger partial charge in [0.25, 0.3) is 0 Å². The minimum Gasteiger partial charge on any atom is -0.330 e. The number of halogens is 2. The number of hydrogen-bond donors (Lipinski definition) is 1. The van der Waals surface area contributed by atoms with Crippen LogP contribution < -0.4 is 5.73 Å². The quantitative estimate of drug-likeness (QED) is 0.925. The van der Waals surface area contributed by atoms with Crippen LogP contribution in [0.5, 0.6) is 0 Å². The van der Waals surface area contributed by atoms with Gasteiger partial charge in [-0.3, -0.25) is 0 Å². The van der Waals surface area contributed by atoms with Crippen LogP contribution in [0.15, 0.2) is 17.0 Å². The lowest BCUT2D eigenvalue weighted by atomic mass is 10.1. The molecule has 2 rings (SSSR count). The summed E-state index contributed by atoms with van der Waals surface area (Å²) < 4.78 is 39.6. The normalized spacial score (nSPS) is 20.9. The third-order valence-corrected chi connectivity index (χ3v) is 5.74. The van der Waals surface area contributed by atoms with Crippen LogP contribution in [-0.4, -0.2) is 32.4 Å². The molecule has 0 saturated carbocycles. The molecule has 1 fully saturated rings. The van der Waals surface area contributed by atoms with Gasteiger partial charge in [-0.2, -0.15) is 4.31 Å². The van der Waals surface area contributed by atoms with E-state index in [2.05, 4.69) is 0 Å².